The van der Waals surface area contributed by atoms with Crippen LogP contribution in [0.1, 0.15) is 29.9 Å². The van der Waals surface area contributed by atoms with E-state index < -0.39 is 0 Å². The fourth-order valence-corrected chi connectivity index (χ4v) is 2.73. The first-order chi connectivity index (χ1) is 8.72. The van der Waals surface area contributed by atoms with Crippen LogP contribution in [0.15, 0.2) is 18.2 Å². The van der Waals surface area contributed by atoms with Crippen LogP contribution in [-0.4, -0.2) is 43.0 Å². The van der Waals surface area contributed by atoms with E-state index in [4.69, 9.17) is 5.73 Å². The molecule has 0 amide bonds. The number of anilines is 1. The Labute approximate surface area is 110 Å². The van der Waals surface area contributed by atoms with Gasteiger partial charge in [0.05, 0.1) is 0 Å². The number of benzene rings is 1. The summed E-state index contributed by atoms with van der Waals surface area (Å²) in [5.41, 5.74) is 9.86. The minimum Gasteiger partial charge on any atom is -0.398 e. The molecule has 1 aromatic rings. The van der Waals surface area contributed by atoms with Gasteiger partial charge in [-0.15, -0.1) is 0 Å². The zero-order valence-corrected chi connectivity index (χ0v) is 11.2. The highest BCUT2D eigenvalue weighted by Crippen LogP contribution is 2.42. The van der Waals surface area contributed by atoms with E-state index in [1.165, 1.54) is 50.1 Å². The van der Waals surface area contributed by atoms with E-state index in [1.54, 1.807) is 0 Å². The summed E-state index contributed by atoms with van der Waals surface area (Å²) in [7, 11) is 2.20. The molecule has 1 aliphatic heterocycles. The van der Waals surface area contributed by atoms with Crippen LogP contribution in [0, 0.1) is 0 Å². The number of likely N-dealkylation sites (N-methyl/N-ethyl adjacent to an activating group) is 1. The quantitative estimate of drug-likeness (QED) is 0.826. The molecule has 3 heteroatoms. The molecule has 18 heavy (non-hydrogen) atoms. The minimum atomic E-state index is 0.748. The van der Waals surface area contributed by atoms with Gasteiger partial charge in [0, 0.05) is 38.4 Å². The highest BCUT2D eigenvalue weighted by Gasteiger charge is 2.25. The second-order valence-electron chi connectivity index (χ2n) is 5.82. The average Bonchev–Trinajstić information content (AvgIpc) is 3.19. The van der Waals surface area contributed by atoms with Gasteiger partial charge in [-0.3, -0.25) is 4.90 Å². The summed E-state index contributed by atoms with van der Waals surface area (Å²) in [5.74, 6) is 0.748. The first kappa shape index (κ1) is 12.0. The fraction of sp³-hybridized carbons (Fsp3) is 0.600. The molecule has 2 N–H and O–H groups in total. The Balaban J connectivity index is 1.67. The van der Waals surface area contributed by atoms with Gasteiger partial charge in [-0.1, -0.05) is 12.1 Å². The van der Waals surface area contributed by atoms with Gasteiger partial charge in [0.1, 0.15) is 0 Å². The summed E-state index contributed by atoms with van der Waals surface area (Å²) in [5, 5.41) is 0. The van der Waals surface area contributed by atoms with E-state index in [9.17, 15) is 0 Å². The maximum atomic E-state index is 6.06. The minimum absolute atomic E-state index is 0.748. The summed E-state index contributed by atoms with van der Waals surface area (Å²) < 4.78 is 0. The molecule has 0 unspecified atom stereocenters. The van der Waals surface area contributed by atoms with E-state index in [-0.39, 0.29) is 0 Å². The maximum Gasteiger partial charge on any atom is 0.0349 e. The van der Waals surface area contributed by atoms with Crippen molar-refractivity contribution in [2.24, 2.45) is 0 Å². The van der Waals surface area contributed by atoms with Gasteiger partial charge in [-0.25, -0.2) is 0 Å². The lowest BCUT2D eigenvalue weighted by Gasteiger charge is -2.32. The Kier molecular flexibility index (Phi) is 3.27. The van der Waals surface area contributed by atoms with Gasteiger partial charge in [0.2, 0.25) is 0 Å². The molecule has 2 fully saturated rings. The van der Waals surface area contributed by atoms with Crippen LogP contribution in [0.4, 0.5) is 5.69 Å². The third-order valence-electron chi connectivity index (χ3n) is 4.17. The molecule has 1 aromatic carbocycles. The number of hydrogen-bond acceptors (Lipinski definition) is 3. The van der Waals surface area contributed by atoms with Crippen LogP contribution >= 0.6 is 0 Å². The summed E-state index contributed by atoms with van der Waals surface area (Å²) in [6.07, 6.45) is 2.64. The van der Waals surface area contributed by atoms with Gasteiger partial charge in [0.15, 0.2) is 0 Å². The topological polar surface area (TPSA) is 32.5 Å². The second-order valence-corrected chi connectivity index (χ2v) is 5.82. The number of nitrogens with zero attached hydrogens (tertiary/aromatic N) is 2. The normalized spacial score (nSPS) is 22.3. The van der Waals surface area contributed by atoms with Crippen molar-refractivity contribution in [2.75, 3.05) is 39.0 Å². The number of nitrogens with two attached hydrogens (primary N) is 1. The van der Waals surface area contributed by atoms with Crippen molar-refractivity contribution in [2.45, 2.75) is 25.3 Å². The van der Waals surface area contributed by atoms with Crippen LogP contribution < -0.4 is 5.73 Å². The lowest BCUT2D eigenvalue weighted by Crippen LogP contribution is -2.43. The average molecular weight is 245 g/mol. The van der Waals surface area contributed by atoms with E-state index in [0.717, 1.165) is 18.2 Å². The first-order valence-corrected chi connectivity index (χ1v) is 7.01. The molecule has 1 saturated heterocycles. The Morgan fingerprint density at radius 3 is 2.56 bits per heavy atom. The van der Waals surface area contributed by atoms with Crippen molar-refractivity contribution in [3.05, 3.63) is 29.3 Å². The molecule has 0 bridgehead atoms. The predicted molar refractivity (Wildman–Crippen MR) is 75.6 cm³/mol. The largest absolute Gasteiger partial charge is 0.398 e. The number of rotatable bonds is 3. The summed E-state index contributed by atoms with van der Waals surface area (Å²) in [4.78, 5) is 4.94. The molecule has 0 radical (unpaired) electrons. The monoisotopic (exact) mass is 245 g/mol. The summed E-state index contributed by atoms with van der Waals surface area (Å²) in [6.45, 7) is 5.81. The molecule has 3 nitrogen and oxygen atoms in total. The molecular formula is C15H23N3. The summed E-state index contributed by atoms with van der Waals surface area (Å²) >= 11 is 0. The van der Waals surface area contributed by atoms with E-state index in [2.05, 4.69) is 35.0 Å². The van der Waals surface area contributed by atoms with Crippen molar-refractivity contribution >= 4 is 5.69 Å². The lowest BCUT2D eigenvalue weighted by atomic mass is 10.0. The zero-order chi connectivity index (χ0) is 12.5. The third kappa shape index (κ3) is 2.68. The van der Waals surface area contributed by atoms with Gasteiger partial charge < -0.3 is 10.6 Å². The zero-order valence-electron chi connectivity index (χ0n) is 11.2. The molecule has 2 aliphatic rings. The van der Waals surface area contributed by atoms with Gasteiger partial charge in [-0.05, 0) is 43.0 Å². The van der Waals surface area contributed by atoms with E-state index in [1.807, 2.05) is 0 Å². The number of piperazine rings is 1. The molecule has 0 spiro atoms. The molecular weight excluding hydrogens is 222 g/mol. The lowest BCUT2D eigenvalue weighted by molar-refractivity contribution is 0.148. The van der Waals surface area contributed by atoms with Crippen molar-refractivity contribution < 1.29 is 0 Å². The molecule has 1 heterocycles. The second kappa shape index (κ2) is 4.90. The highest BCUT2D eigenvalue weighted by atomic mass is 15.2. The SMILES string of the molecule is CN1CCN(Cc2ccc(N)c(C3CC3)c2)CC1. The van der Waals surface area contributed by atoms with E-state index >= 15 is 0 Å². The van der Waals surface area contributed by atoms with Gasteiger partial charge >= 0.3 is 0 Å². The van der Waals surface area contributed by atoms with Crippen molar-refractivity contribution in [3.8, 4) is 0 Å². The Morgan fingerprint density at radius 1 is 1.17 bits per heavy atom. The summed E-state index contributed by atoms with van der Waals surface area (Å²) in [6, 6.07) is 6.63. The molecule has 98 valence electrons. The smallest absolute Gasteiger partial charge is 0.0349 e. The third-order valence-corrected chi connectivity index (χ3v) is 4.17. The molecule has 1 saturated carbocycles. The molecule has 0 aromatic heterocycles. The Hall–Kier alpha value is -1.06. The van der Waals surface area contributed by atoms with Crippen LogP contribution in [0.25, 0.3) is 0 Å². The van der Waals surface area contributed by atoms with Crippen LogP contribution in [-0.2, 0) is 6.54 Å². The number of hydrogen-bond donors (Lipinski definition) is 1. The van der Waals surface area contributed by atoms with Crippen molar-refractivity contribution in [3.63, 3.8) is 0 Å². The number of nitrogen functional groups attached to an aromatic ring is 1. The first-order valence-electron chi connectivity index (χ1n) is 7.01. The van der Waals surface area contributed by atoms with Crippen LogP contribution in [0.5, 0.6) is 0 Å². The fourth-order valence-electron chi connectivity index (χ4n) is 2.73. The highest BCUT2D eigenvalue weighted by molar-refractivity contribution is 5.51. The van der Waals surface area contributed by atoms with E-state index in [0.29, 0.717) is 0 Å². The Bertz CT molecular complexity index is 418. The molecule has 0 atom stereocenters. The molecule has 1 aliphatic carbocycles. The Morgan fingerprint density at radius 2 is 1.89 bits per heavy atom. The van der Waals surface area contributed by atoms with Crippen molar-refractivity contribution in [1.29, 1.82) is 0 Å². The van der Waals surface area contributed by atoms with Gasteiger partial charge in [0.25, 0.3) is 0 Å². The predicted octanol–water partition coefficient (Wildman–Crippen LogP) is 1.89. The maximum absolute atomic E-state index is 6.06. The van der Waals surface area contributed by atoms with Crippen LogP contribution in [0.3, 0.4) is 0 Å². The standard InChI is InChI=1S/C15H23N3/c1-17-6-8-18(9-7-17)11-12-2-5-15(16)14(10-12)13-3-4-13/h2,5,10,13H,3-4,6-9,11,16H2,1H3. The van der Waals surface area contributed by atoms with Gasteiger partial charge in [-0.2, -0.15) is 0 Å². The van der Waals surface area contributed by atoms with Crippen molar-refractivity contribution in [1.82, 2.24) is 9.80 Å². The molecule has 3 rings (SSSR count). The van der Waals surface area contributed by atoms with Crippen LogP contribution in [0.2, 0.25) is 0 Å².